The minimum absolute atomic E-state index is 0.111. The molecule has 0 bridgehead atoms. The van der Waals surface area contributed by atoms with Crippen LogP contribution < -0.4 is 10.3 Å². The monoisotopic (exact) mass is 491 g/mol. The van der Waals surface area contributed by atoms with Gasteiger partial charge in [0, 0.05) is 15.1 Å². The molecule has 2 heterocycles. The van der Waals surface area contributed by atoms with Gasteiger partial charge in [0.2, 0.25) is 5.76 Å². The number of nitrogens with zero attached hydrogens (tertiary/aromatic N) is 1. The van der Waals surface area contributed by atoms with Gasteiger partial charge in [0.15, 0.2) is 5.43 Å². The lowest BCUT2D eigenvalue weighted by atomic mass is 9.98. The number of thioether (sulfide) groups is 1. The number of anilines is 1. The van der Waals surface area contributed by atoms with Gasteiger partial charge in [-0.15, -0.1) is 11.8 Å². The number of carbonyl (C=O) groups is 1. The molecule has 6 heteroatoms. The van der Waals surface area contributed by atoms with Crippen molar-refractivity contribution in [3.63, 3.8) is 0 Å². The SMILES string of the molecule is CSc1ccc(C2c3c(oc4ccc(Br)cc4c3=O)C(=O)N2c2cccc(C)c2)cc1. The predicted molar refractivity (Wildman–Crippen MR) is 128 cm³/mol. The molecule has 1 atom stereocenters. The molecule has 1 aliphatic heterocycles. The highest BCUT2D eigenvalue weighted by atomic mass is 79.9. The second-order valence-corrected chi connectivity index (χ2v) is 9.30. The van der Waals surface area contributed by atoms with Crippen LogP contribution in [0.4, 0.5) is 5.69 Å². The van der Waals surface area contributed by atoms with E-state index in [1.165, 1.54) is 0 Å². The standard InChI is InChI=1S/C25H18BrNO3S/c1-14-4-3-5-17(12-14)27-22(15-6-9-18(31-2)10-7-15)21-23(28)19-13-16(26)8-11-20(19)30-24(21)25(27)29/h3-13,22H,1-2H3. The number of halogens is 1. The molecule has 31 heavy (non-hydrogen) atoms. The van der Waals surface area contributed by atoms with Crippen molar-refractivity contribution >= 4 is 50.3 Å². The van der Waals surface area contributed by atoms with Gasteiger partial charge < -0.3 is 4.42 Å². The van der Waals surface area contributed by atoms with E-state index in [2.05, 4.69) is 15.9 Å². The molecule has 0 saturated heterocycles. The Morgan fingerprint density at radius 3 is 2.48 bits per heavy atom. The predicted octanol–water partition coefficient (Wildman–Crippen LogP) is 6.34. The number of aryl methyl sites for hydroxylation is 1. The number of fused-ring (bicyclic) bond motifs is 2. The van der Waals surface area contributed by atoms with E-state index in [1.54, 1.807) is 34.9 Å². The van der Waals surface area contributed by atoms with Crippen molar-refractivity contribution in [1.82, 2.24) is 0 Å². The van der Waals surface area contributed by atoms with Gasteiger partial charge in [-0.2, -0.15) is 0 Å². The van der Waals surface area contributed by atoms with E-state index >= 15 is 0 Å². The van der Waals surface area contributed by atoms with Gasteiger partial charge in [-0.3, -0.25) is 14.5 Å². The van der Waals surface area contributed by atoms with Crippen molar-refractivity contribution in [3.05, 3.63) is 104 Å². The van der Waals surface area contributed by atoms with Crippen molar-refractivity contribution < 1.29 is 9.21 Å². The third kappa shape index (κ3) is 3.30. The zero-order valence-electron chi connectivity index (χ0n) is 16.9. The fourth-order valence-corrected chi connectivity index (χ4v) is 4.86. The summed E-state index contributed by atoms with van der Waals surface area (Å²) in [5, 5.41) is 0.456. The van der Waals surface area contributed by atoms with Crippen molar-refractivity contribution in [1.29, 1.82) is 0 Å². The maximum Gasteiger partial charge on any atom is 0.295 e. The van der Waals surface area contributed by atoms with Gasteiger partial charge in [0.05, 0.1) is 17.0 Å². The molecule has 0 saturated carbocycles. The maximum absolute atomic E-state index is 13.6. The topological polar surface area (TPSA) is 50.5 Å². The lowest BCUT2D eigenvalue weighted by molar-refractivity contribution is 0.0971. The molecule has 154 valence electrons. The largest absolute Gasteiger partial charge is 0.450 e. The summed E-state index contributed by atoms with van der Waals surface area (Å²) in [5.41, 5.74) is 3.25. The van der Waals surface area contributed by atoms with E-state index in [9.17, 15) is 9.59 Å². The molecule has 0 fully saturated rings. The Bertz CT molecular complexity index is 1390. The molecule has 4 aromatic rings. The molecule has 1 amide bonds. The van der Waals surface area contributed by atoms with Crippen LogP contribution in [0.25, 0.3) is 11.0 Å². The van der Waals surface area contributed by atoms with Gasteiger partial charge in [-0.1, -0.05) is 40.2 Å². The van der Waals surface area contributed by atoms with Crippen LogP contribution in [0.2, 0.25) is 0 Å². The zero-order valence-corrected chi connectivity index (χ0v) is 19.3. The van der Waals surface area contributed by atoms with Crippen LogP contribution in [0.5, 0.6) is 0 Å². The highest BCUT2D eigenvalue weighted by Crippen LogP contribution is 2.41. The lowest BCUT2D eigenvalue weighted by Gasteiger charge is -2.25. The first-order valence-corrected chi connectivity index (χ1v) is 11.8. The highest BCUT2D eigenvalue weighted by molar-refractivity contribution is 9.10. The van der Waals surface area contributed by atoms with Crippen molar-refractivity contribution in [2.45, 2.75) is 17.9 Å². The summed E-state index contributed by atoms with van der Waals surface area (Å²) < 4.78 is 6.80. The quantitative estimate of drug-likeness (QED) is 0.314. The summed E-state index contributed by atoms with van der Waals surface area (Å²) in [6.45, 7) is 1.98. The molecule has 3 aromatic carbocycles. The molecular formula is C25H18BrNO3S. The van der Waals surface area contributed by atoms with Gasteiger partial charge in [-0.05, 0) is 66.8 Å². The summed E-state index contributed by atoms with van der Waals surface area (Å²) >= 11 is 5.08. The summed E-state index contributed by atoms with van der Waals surface area (Å²) in [7, 11) is 0. The molecule has 5 rings (SSSR count). The third-order valence-corrected chi connectivity index (χ3v) is 6.78. The molecule has 1 aliphatic rings. The highest BCUT2D eigenvalue weighted by Gasteiger charge is 2.43. The molecule has 0 aliphatic carbocycles. The van der Waals surface area contributed by atoms with Crippen LogP contribution in [-0.2, 0) is 0 Å². The van der Waals surface area contributed by atoms with Crippen molar-refractivity contribution in [3.8, 4) is 0 Å². The Balaban J connectivity index is 1.80. The van der Waals surface area contributed by atoms with Crippen molar-refractivity contribution in [2.24, 2.45) is 0 Å². The average molecular weight is 492 g/mol. The first-order chi connectivity index (χ1) is 15.0. The minimum atomic E-state index is -0.556. The van der Waals surface area contributed by atoms with Gasteiger partial charge >= 0.3 is 0 Å². The molecular weight excluding hydrogens is 474 g/mol. The van der Waals surface area contributed by atoms with Gasteiger partial charge in [0.1, 0.15) is 5.58 Å². The smallest absolute Gasteiger partial charge is 0.295 e. The van der Waals surface area contributed by atoms with Crippen LogP contribution in [0.15, 0.2) is 85.3 Å². The number of benzene rings is 3. The summed E-state index contributed by atoms with van der Waals surface area (Å²) in [6, 6.07) is 20.4. The Morgan fingerprint density at radius 1 is 1.00 bits per heavy atom. The summed E-state index contributed by atoms with van der Waals surface area (Å²) in [5.74, 6) is -0.193. The van der Waals surface area contributed by atoms with E-state index in [4.69, 9.17) is 4.42 Å². The maximum atomic E-state index is 13.6. The second kappa shape index (κ2) is 7.70. The molecule has 4 nitrogen and oxygen atoms in total. The number of rotatable bonds is 3. The van der Waals surface area contributed by atoms with Crippen LogP contribution in [-0.4, -0.2) is 12.2 Å². The fourth-order valence-electron chi connectivity index (χ4n) is 4.09. The second-order valence-electron chi connectivity index (χ2n) is 7.50. The van der Waals surface area contributed by atoms with Crippen LogP contribution in [0.3, 0.4) is 0 Å². The van der Waals surface area contributed by atoms with Crippen LogP contribution >= 0.6 is 27.7 Å². The van der Waals surface area contributed by atoms with E-state index in [0.29, 0.717) is 16.5 Å². The number of hydrogen-bond acceptors (Lipinski definition) is 4. The van der Waals surface area contributed by atoms with E-state index in [1.807, 2.05) is 61.7 Å². The zero-order chi connectivity index (χ0) is 21.7. The summed E-state index contributed by atoms with van der Waals surface area (Å²) in [6.07, 6.45) is 2.01. The molecule has 0 radical (unpaired) electrons. The van der Waals surface area contributed by atoms with E-state index in [-0.39, 0.29) is 17.1 Å². The van der Waals surface area contributed by atoms with E-state index in [0.717, 1.165) is 26.2 Å². The average Bonchev–Trinajstić information content (AvgIpc) is 3.07. The number of hydrogen-bond donors (Lipinski definition) is 0. The summed E-state index contributed by atoms with van der Waals surface area (Å²) in [4.78, 5) is 29.9. The lowest BCUT2D eigenvalue weighted by Crippen LogP contribution is -2.29. The van der Waals surface area contributed by atoms with Gasteiger partial charge in [0.25, 0.3) is 5.91 Å². The van der Waals surface area contributed by atoms with Crippen molar-refractivity contribution in [2.75, 3.05) is 11.2 Å². The Labute approximate surface area is 192 Å². The Kier molecular flexibility index (Phi) is 4.99. The molecule has 0 N–H and O–H groups in total. The van der Waals surface area contributed by atoms with Gasteiger partial charge in [-0.25, -0.2) is 0 Å². The first kappa shape index (κ1) is 20.1. The van der Waals surface area contributed by atoms with Crippen LogP contribution in [0.1, 0.15) is 33.3 Å². The molecule has 1 aromatic heterocycles. The Morgan fingerprint density at radius 2 is 1.77 bits per heavy atom. The third-order valence-electron chi connectivity index (χ3n) is 5.54. The fraction of sp³-hybridized carbons (Fsp3) is 0.120. The molecule has 1 unspecified atom stereocenters. The number of amides is 1. The van der Waals surface area contributed by atoms with Crippen LogP contribution in [0, 0.1) is 6.92 Å². The Hall–Kier alpha value is -2.83. The number of carbonyl (C=O) groups excluding carboxylic acids is 1. The first-order valence-electron chi connectivity index (χ1n) is 9.78. The van der Waals surface area contributed by atoms with E-state index < -0.39 is 6.04 Å². The molecule has 0 spiro atoms. The normalized spacial score (nSPS) is 15.5. The minimum Gasteiger partial charge on any atom is -0.450 e.